The molecule has 2 aromatic heterocycles. The number of thiazole rings is 1. The third-order valence-corrected chi connectivity index (χ3v) is 7.48. The number of aryl methyl sites for hydroxylation is 3. The fraction of sp³-hybridized carbons (Fsp3) is 0.333. The highest BCUT2D eigenvalue weighted by molar-refractivity contribution is 7.15. The maximum Gasteiger partial charge on any atom is 0.274 e. The molecular formula is C27H29N3OS. The van der Waals surface area contributed by atoms with Crippen LogP contribution in [0, 0.1) is 26.7 Å². The number of fused-ring (bicyclic) bond motifs is 1. The van der Waals surface area contributed by atoms with Gasteiger partial charge in [0.25, 0.3) is 5.91 Å². The molecule has 32 heavy (non-hydrogen) atoms. The Labute approximate surface area is 193 Å². The first-order chi connectivity index (χ1) is 15.5. The van der Waals surface area contributed by atoms with E-state index >= 15 is 0 Å². The lowest BCUT2D eigenvalue weighted by molar-refractivity contribution is 0.0737. The first-order valence-corrected chi connectivity index (χ1v) is 12.2. The van der Waals surface area contributed by atoms with Gasteiger partial charge in [0, 0.05) is 31.3 Å². The Hall–Kier alpha value is -2.92. The van der Waals surface area contributed by atoms with Crippen molar-refractivity contribution in [1.82, 2.24) is 14.5 Å². The summed E-state index contributed by atoms with van der Waals surface area (Å²) in [4.78, 5) is 21.5. The molecule has 1 fully saturated rings. The second-order valence-electron chi connectivity index (χ2n) is 8.97. The van der Waals surface area contributed by atoms with Crippen LogP contribution < -0.4 is 0 Å². The van der Waals surface area contributed by atoms with E-state index in [-0.39, 0.29) is 5.91 Å². The molecule has 0 bridgehead atoms. The van der Waals surface area contributed by atoms with Crippen molar-refractivity contribution < 1.29 is 4.79 Å². The molecule has 0 spiro atoms. The van der Waals surface area contributed by atoms with Gasteiger partial charge in [0.15, 0.2) is 0 Å². The van der Waals surface area contributed by atoms with Crippen LogP contribution in [0.15, 0.2) is 54.7 Å². The number of amides is 1. The molecule has 5 heteroatoms. The van der Waals surface area contributed by atoms with Crippen LogP contribution in [0.2, 0.25) is 0 Å². The third-order valence-electron chi connectivity index (χ3n) is 6.46. The number of nitrogens with zero attached hydrogens (tertiary/aromatic N) is 3. The average Bonchev–Trinajstić information content (AvgIpc) is 3.38. The molecule has 5 rings (SSSR count). The van der Waals surface area contributed by atoms with Gasteiger partial charge in [-0.25, -0.2) is 4.98 Å². The van der Waals surface area contributed by atoms with E-state index in [1.54, 1.807) is 11.3 Å². The van der Waals surface area contributed by atoms with E-state index in [9.17, 15) is 4.79 Å². The second kappa shape index (κ2) is 8.55. The minimum atomic E-state index is 0.0611. The van der Waals surface area contributed by atoms with Crippen molar-refractivity contribution in [2.75, 3.05) is 13.1 Å². The summed E-state index contributed by atoms with van der Waals surface area (Å²) in [7, 11) is 0. The van der Waals surface area contributed by atoms with Crippen LogP contribution in [0.25, 0.3) is 21.3 Å². The summed E-state index contributed by atoms with van der Waals surface area (Å²) in [6.45, 7) is 8.52. The SMILES string of the molecule is Cc1nc(C(=O)N(CCn2ccc3ccccc32)CC2CC2)c(-c2ccc(C)c(C)c2)s1. The van der Waals surface area contributed by atoms with E-state index in [0.717, 1.165) is 28.5 Å². The van der Waals surface area contributed by atoms with Crippen LogP contribution in [0.1, 0.15) is 39.5 Å². The predicted molar refractivity (Wildman–Crippen MR) is 132 cm³/mol. The predicted octanol–water partition coefficient (Wildman–Crippen LogP) is 6.24. The first kappa shape index (κ1) is 21.0. The molecule has 1 aliphatic carbocycles. The first-order valence-electron chi connectivity index (χ1n) is 11.4. The van der Waals surface area contributed by atoms with Gasteiger partial charge in [0.1, 0.15) is 5.69 Å². The minimum Gasteiger partial charge on any atom is -0.346 e. The van der Waals surface area contributed by atoms with Crippen LogP contribution in [0.3, 0.4) is 0 Å². The molecule has 0 saturated heterocycles. The van der Waals surface area contributed by atoms with Gasteiger partial charge in [0.05, 0.1) is 9.88 Å². The Morgan fingerprint density at radius 3 is 2.69 bits per heavy atom. The standard InChI is InChI=1S/C27H29N3OS/c1-18-8-11-23(16-19(18)2)26-25(28-20(3)32-26)27(31)30(17-21-9-10-21)15-14-29-13-12-22-6-4-5-7-24(22)29/h4-8,11-13,16,21H,9-10,14-15,17H2,1-3H3. The zero-order chi connectivity index (χ0) is 22.2. The van der Waals surface area contributed by atoms with Crippen LogP contribution >= 0.6 is 11.3 Å². The summed E-state index contributed by atoms with van der Waals surface area (Å²) in [6, 6.07) is 17.0. The molecular weight excluding hydrogens is 414 g/mol. The van der Waals surface area contributed by atoms with Crippen molar-refractivity contribution in [3.63, 3.8) is 0 Å². The Kier molecular flexibility index (Phi) is 5.60. The van der Waals surface area contributed by atoms with Gasteiger partial charge in [-0.3, -0.25) is 4.79 Å². The summed E-state index contributed by atoms with van der Waals surface area (Å²) in [5, 5.41) is 2.17. The molecule has 1 saturated carbocycles. The van der Waals surface area contributed by atoms with Crippen LogP contribution in [0.5, 0.6) is 0 Å². The number of benzene rings is 2. The minimum absolute atomic E-state index is 0.0611. The molecule has 164 valence electrons. The number of para-hydroxylation sites is 1. The van der Waals surface area contributed by atoms with E-state index in [2.05, 4.69) is 73.1 Å². The zero-order valence-corrected chi connectivity index (χ0v) is 19.8. The monoisotopic (exact) mass is 443 g/mol. The highest BCUT2D eigenvalue weighted by Gasteiger charge is 2.30. The molecule has 4 aromatic rings. The van der Waals surface area contributed by atoms with Crippen molar-refractivity contribution in [1.29, 1.82) is 0 Å². The molecule has 0 atom stereocenters. The van der Waals surface area contributed by atoms with Crippen LogP contribution in [0.4, 0.5) is 0 Å². The lowest BCUT2D eigenvalue weighted by Crippen LogP contribution is -2.36. The highest BCUT2D eigenvalue weighted by atomic mass is 32.1. The van der Waals surface area contributed by atoms with Crippen molar-refractivity contribution in [2.24, 2.45) is 5.92 Å². The van der Waals surface area contributed by atoms with Crippen molar-refractivity contribution >= 4 is 28.1 Å². The van der Waals surface area contributed by atoms with Crippen molar-refractivity contribution in [3.05, 3.63) is 76.6 Å². The molecule has 1 amide bonds. The van der Waals surface area contributed by atoms with E-state index in [0.29, 0.717) is 18.2 Å². The smallest absolute Gasteiger partial charge is 0.274 e. The Bertz CT molecular complexity index is 1280. The second-order valence-corrected chi connectivity index (χ2v) is 10.2. The number of hydrogen-bond acceptors (Lipinski definition) is 3. The Morgan fingerprint density at radius 2 is 1.91 bits per heavy atom. The maximum absolute atomic E-state index is 13.8. The number of carbonyl (C=O) groups is 1. The molecule has 0 aliphatic heterocycles. The van der Waals surface area contributed by atoms with E-state index in [1.807, 2.05) is 11.8 Å². The van der Waals surface area contributed by atoms with E-state index < -0.39 is 0 Å². The van der Waals surface area contributed by atoms with Gasteiger partial charge in [-0.2, -0.15) is 0 Å². The van der Waals surface area contributed by atoms with Crippen molar-refractivity contribution in [2.45, 2.75) is 40.2 Å². The van der Waals surface area contributed by atoms with E-state index in [1.165, 1.54) is 34.9 Å². The van der Waals surface area contributed by atoms with Gasteiger partial charge >= 0.3 is 0 Å². The molecule has 2 heterocycles. The summed E-state index contributed by atoms with van der Waals surface area (Å²) in [5.74, 6) is 0.691. The quantitative estimate of drug-likeness (QED) is 0.339. The molecule has 0 unspecified atom stereocenters. The molecule has 0 N–H and O–H groups in total. The van der Waals surface area contributed by atoms with E-state index in [4.69, 9.17) is 4.98 Å². The maximum atomic E-state index is 13.8. The zero-order valence-electron chi connectivity index (χ0n) is 19.0. The van der Waals surface area contributed by atoms with Crippen LogP contribution in [-0.4, -0.2) is 33.4 Å². The third kappa shape index (κ3) is 4.22. The molecule has 1 aliphatic rings. The summed E-state index contributed by atoms with van der Waals surface area (Å²) in [6.07, 6.45) is 4.56. The fourth-order valence-electron chi connectivity index (χ4n) is 4.25. The molecule has 0 radical (unpaired) electrons. The summed E-state index contributed by atoms with van der Waals surface area (Å²) < 4.78 is 2.25. The average molecular weight is 444 g/mol. The van der Waals surface area contributed by atoms with Crippen molar-refractivity contribution in [3.8, 4) is 10.4 Å². The van der Waals surface area contributed by atoms with Gasteiger partial charge in [0.2, 0.25) is 0 Å². The largest absolute Gasteiger partial charge is 0.346 e. The Balaban J connectivity index is 1.42. The van der Waals surface area contributed by atoms with Gasteiger partial charge in [-0.15, -0.1) is 11.3 Å². The van der Waals surface area contributed by atoms with Gasteiger partial charge in [-0.05, 0) is 73.7 Å². The number of aromatic nitrogens is 2. The number of rotatable bonds is 7. The number of hydrogen-bond donors (Lipinski definition) is 0. The van der Waals surface area contributed by atoms with Gasteiger partial charge in [-0.1, -0.05) is 36.4 Å². The summed E-state index contributed by atoms with van der Waals surface area (Å²) >= 11 is 1.62. The Morgan fingerprint density at radius 1 is 1.09 bits per heavy atom. The van der Waals surface area contributed by atoms with Gasteiger partial charge < -0.3 is 9.47 Å². The molecule has 2 aromatic carbocycles. The summed E-state index contributed by atoms with van der Waals surface area (Å²) in [5.41, 5.74) is 5.41. The topological polar surface area (TPSA) is 38.1 Å². The molecule has 4 nitrogen and oxygen atoms in total. The lowest BCUT2D eigenvalue weighted by atomic mass is 10.0. The van der Waals surface area contributed by atoms with Crippen LogP contribution in [-0.2, 0) is 6.54 Å². The highest BCUT2D eigenvalue weighted by Crippen LogP contribution is 2.34. The fourth-order valence-corrected chi connectivity index (χ4v) is 5.16. The normalized spacial score (nSPS) is 13.6. The lowest BCUT2D eigenvalue weighted by Gasteiger charge is -2.23. The number of carbonyl (C=O) groups excluding carboxylic acids is 1.